The highest BCUT2D eigenvalue weighted by Crippen LogP contribution is 2.32. The minimum absolute atomic E-state index is 0.0138. The number of methoxy groups -OCH3 is 1. The number of amides is 1. The fourth-order valence-electron chi connectivity index (χ4n) is 3.38. The van der Waals surface area contributed by atoms with Crippen LogP contribution in [0.25, 0.3) is 10.2 Å². The Balaban J connectivity index is 1.53. The summed E-state index contributed by atoms with van der Waals surface area (Å²) < 4.78 is 44.4. The first-order chi connectivity index (χ1) is 16.4. The van der Waals surface area contributed by atoms with Gasteiger partial charge in [0.1, 0.15) is 11.6 Å². The Morgan fingerprint density at radius 1 is 1.15 bits per heavy atom. The van der Waals surface area contributed by atoms with Gasteiger partial charge in [0, 0.05) is 24.9 Å². The fourth-order valence-corrected chi connectivity index (χ4v) is 5.66. The van der Waals surface area contributed by atoms with Crippen LogP contribution in [-0.2, 0) is 21.2 Å². The molecule has 2 heterocycles. The van der Waals surface area contributed by atoms with Gasteiger partial charge >= 0.3 is 0 Å². The number of sulfone groups is 1. The van der Waals surface area contributed by atoms with Gasteiger partial charge in [-0.3, -0.25) is 14.7 Å². The van der Waals surface area contributed by atoms with Gasteiger partial charge in [-0.05, 0) is 54.4 Å². The number of benzene rings is 2. The predicted octanol–water partition coefficient (Wildman–Crippen LogP) is 4.63. The summed E-state index contributed by atoms with van der Waals surface area (Å²) in [5.74, 6) is -0.305. The highest BCUT2D eigenvalue weighted by atomic mass is 32.2. The zero-order valence-corrected chi connectivity index (χ0v) is 20.0. The van der Waals surface area contributed by atoms with Crippen molar-refractivity contribution >= 4 is 42.4 Å². The Morgan fingerprint density at radius 3 is 2.65 bits per heavy atom. The van der Waals surface area contributed by atoms with Crippen LogP contribution in [-0.4, -0.2) is 37.2 Å². The second-order valence-corrected chi connectivity index (χ2v) is 10.7. The molecule has 0 saturated heterocycles. The lowest BCUT2D eigenvalue weighted by Gasteiger charge is -2.20. The zero-order valence-electron chi connectivity index (χ0n) is 18.3. The summed E-state index contributed by atoms with van der Waals surface area (Å²) in [6.45, 7) is 0.258. The molecular weight excluding hydrogens is 477 g/mol. The van der Waals surface area contributed by atoms with Crippen molar-refractivity contribution in [1.82, 2.24) is 9.97 Å². The molecule has 2 aromatic carbocycles. The van der Waals surface area contributed by atoms with E-state index >= 15 is 0 Å². The third-order valence-electron chi connectivity index (χ3n) is 5.16. The van der Waals surface area contributed by atoms with Crippen LogP contribution in [0.3, 0.4) is 0 Å². The van der Waals surface area contributed by atoms with Crippen LogP contribution >= 0.6 is 11.3 Å². The first-order valence-electron chi connectivity index (χ1n) is 10.5. The van der Waals surface area contributed by atoms with E-state index in [4.69, 9.17) is 4.74 Å². The van der Waals surface area contributed by atoms with Gasteiger partial charge in [0.2, 0.25) is 5.91 Å². The van der Waals surface area contributed by atoms with E-state index in [1.165, 1.54) is 23.5 Å². The Bertz CT molecular complexity index is 1390. The second kappa shape index (κ2) is 10.3. The molecule has 1 amide bonds. The van der Waals surface area contributed by atoms with Gasteiger partial charge in [-0.25, -0.2) is 17.8 Å². The van der Waals surface area contributed by atoms with Crippen molar-refractivity contribution < 1.29 is 22.3 Å². The number of pyridine rings is 1. The maximum absolute atomic E-state index is 13.2. The number of rotatable bonds is 9. The Kier molecular flexibility index (Phi) is 7.18. The Labute approximate surface area is 200 Å². The first kappa shape index (κ1) is 23.8. The van der Waals surface area contributed by atoms with Crippen molar-refractivity contribution in [2.45, 2.75) is 24.3 Å². The molecule has 0 aliphatic rings. The van der Waals surface area contributed by atoms with E-state index in [1.54, 1.807) is 36.5 Å². The summed E-state index contributed by atoms with van der Waals surface area (Å²) in [5, 5.41) is 0.512. The molecule has 2 aromatic heterocycles. The van der Waals surface area contributed by atoms with Crippen LogP contribution in [0.5, 0.6) is 5.75 Å². The number of carbonyl (C=O) groups excluding carboxylic acids is 1. The molecule has 0 saturated carbocycles. The minimum Gasteiger partial charge on any atom is -0.497 e. The predicted molar refractivity (Wildman–Crippen MR) is 129 cm³/mol. The number of thiazole rings is 1. The number of carbonyl (C=O) groups is 1. The van der Waals surface area contributed by atoms with Crippen LogP contribution in [0, 0.1) is 5.82 Å². The number of hydrogen-bond donors (Lipinski definition) is 0. The van der Waals surface area contributed by atoms with Crippen molar-refractivity contribution in [1.29, 1.82) is 0 Å². The van der Waals surface area contributed by atoms with Crippen LogP contribution in [0.2, 0.25) is 0 Å². The van der Waals surface area contributed by atoms with Crippen LogP contribution in [0.1, 0.15) is 18.4 Å². The normalized spacial score (nSPS) is 11.5. The number of ether oxygens (including phenoxy) is 1. The van der Waals surface area contributed by atoms with Gasteiger partial charge in [0.25, 0.3) is 0 Å². The van der Waals surface area contributed by atoms with E-state index in [0.717, 1.165) is 22.4 Å². The summed E-state index contributed by atoms with van der Waals surface area (Å²) in [7, 11) is -2.05. The summed E-state index contributed by atoms with van der Waals surface area (Å²) >= 11 is 1.37. The number of nitrogens with zero attached hydrogens (tertiary/aromatic N) is 3. The largest absolute Gasteiger partial charge is 0.497 e. The molecule has 0 N–H and O–H groups in total. The summed E-state index contributed by atoms with van der Waals surface area (Å²) in [4.78, 5) is 23.5. The van der Waals surface area contributed by atoms with E-state index in [1.807, 2.05) is 18.2 Å². The van der Waals surface area contributed by atoms with Crippen molar-refractivity contribution in [3.05, 3.63) is 78.4 Å². The van der Waals surface area contributed by atoms with Gasteiger partial charge in [-0.15, -0.1) is 0 Å². The van der Waals surface area contributed by atoms with E-state index in [2.05, 4.69) is 9.97 Å². The van der Waals surface area contributed by atoms with Gasteiger partial charge in [-0.2, -0.15) is 0 Å². The third-order valence-corrected chi connectivity index (χ3v) is 8.03. The number of anilines is 1. The molecule has 0 aliphatic carbocycles. The Morgan fingerprint density at radius 2 is 1.94 bits per heavy atom. The molecular formula is C24H22FN3O4S2. The molecule has 34 heavy (non-hydrogen) atoms. The molecule has 10 heteroatoms. The lowest BCUT2D eigenvalue weighted by atomic mass is 10.2. The summed E-state index contributed by atoms with van der Waals surface area (Å²) in [6.07, 6.45) is 3.47. The monoisotopic (exact) mass is 499 g/mol. The van der Waals surface area contributed by atoms with Gasteiger partial charge in [0.05, 0.1) is 34.5 Å². The van der Waals surface area contributed by atoms with E-state index in [9.17, 15) is 17.6 Å². The molecule has 176 valence electrons. The Hall–Kier alpha value is -3.37. The average Bonchev–Trinajstić information content (AvgIpc) is 3.26. The van der Waals surface area contributed by atoms with Crippen LogP contribution in [0.4, 0.5) is 9.52 Å². The molecule has 7 nitrogen and oxygen atoms in total. The highest BCUT2D eigenvalue weighted by molar-refractivity contribution is 7.91. The van der Waals surface area contributed by atoms with E-state index < -0.39 is 15.7 Å². The molecule has 0 spiro atoms. The smallest absolute Gasteiger partial charge is 0.229 e. The SMILES string of the molecule is COc1ccc2sc(N(Cc3cccnc3)C(=O)CCCS(=O)(=O)c3ccc(F)cc3)nc2c1. The van der Waals surface area contributed by atoms with Gasteiger partial charge < -0.3 is 4.74 Å². The van der Waals surface area contributed by atoms with E-state index in [0.29, 0.717) is 16.4 Å². The van der Waals surface area contributed by atoms with Crippen molar-refractivity contribution in [2.75, 3.05) is 17.8 Å². The molecule has 0 fully saturated rings. The summed E-state index contributed by atoms with van der Waals surface area (Å²) in [6, 6.07) is 13.9. The number of halogens is 1. The minimum atomic E-state index is -3.62. The lowest BCUT2D eigenvalue weighted by molar-refractivity contribution is -0.118. The number of aromatic nitrogens is 2. The fraction of sp³-hybridized carbons (Fsp3) is 0.208. The molecule has 0 radical (unpaired) electrons. The summed E-state index contributed by atoms with van der Waals surface area (Å²) in [5.41, 5.74) is 1.54. The van der Waals surface area contributed by atoms with Crippen molar-refractivity contribution in [3.63, 3.8) is 0 Å². The highest BCUT2D eigenvalue weighted by Gasteiger charge is 2.22. The van der Waals surface area contributed by atoms with Gasteiger partial charge in [0.15, 0.2) is 15.0 Å². The first-order valence-corrected chi connectivity index (χ1v) is 12.9. The molecule has 0 aliphatic heterocycles. The molecule has 0 atom stereocenters. The third kappa shape index (κ3) is 5.57. The van der Waals surface area contributed by atoms with Crippen LogP contribution in [0.15, 0.2) is 71.9 Å². The van der Waals surface area contributed by atoms with E-state index in [-0.39, 0.29) is 35.9 Å². The molecule has 4 rings (SSSR count). The number of hydrogen-bond acceptors (Lipinski definition) is 7. The topological polar surface area (TPSA) is 89.5 Å². The second-order valence-electron chi connectivity index (χ2n) is 7.55. The van der Waals surface area contributed by atoms with Crippen LogP contribution < -0.4 is 9.64 Å². The molecule has 0 bridgehead atoms. The maximum Gasteiger partial charge on any atom is 0.229 e. The average molecular weight is 500 g/mol. The molecule has 0 unspecified atom stereocenters. The number of fused-ring (bicyclic) bond motifs is 1. The molecule has 4 aromatic rings. The van der Waals surface area contributed by atoms with Gasteiger partial charge in [-0.1, -0.05) is 17.4 Å². The standard InChI is InChI=1S/C24H22FN3O4S2/c1-32-19-8-11-22-21(14-19)27-24(33-22)28(16-17-4-2-12-26-15-17)23(29)5-3-13-34(30,31)20-9-6-18(25)7-10-20/h2,4,6-12,14-15H,3,5,13,16H2,1H3. The zero-order chi connectivity index (χ0) is 24.1. The lowest BCUT2D eigenvalue weighted by Crippen LogP contribution is -2.30. The maximum atomic E-state index is 13.2. The quantitative estimate of drug-likeness (QED) is 0.312. The van der Waals surface area contributed by atoms with Crippen molar-refractivity contribution in [3.8, 4) is 5.75 Å². The van der Waals surface area contributed by atoms with Crippen molar-refractivity contribution in [2.24, 2.45) is 0 Å².